The highest BCUT2D eigenvalue weighted by atomic mass is 19.4. The smallest absolute Gasteiger partial charge is 0.435 e. The molecule has 0 aliphatic rings. The molecule has 8 heteroatoms. The van der Waals surface area contributed by atoms with Gasteiger partial charge < -0.3 is 10.8 Å². The largest absolute Gasteiger partial charge is 0.478 e. The van der Waals surface area contributed by atoms with E-state index < -0.39 is 17.8 Å². The fourth-order valence-corrected chi connectivity index (χ4v) is 1.53. The van der Waals surface area contributed by atoms with Crippen LogP contribution in [0.4, 0.5) is 18.9 Å². The van der Waals surface area contributed by atoms with E-state index in [2.05, 4.69) is 5.10 Å². The summed E-state index contributed by atoms with van der Waals surface area (Å²) in [5.41, 5.74) is 4.41. The molecule has 19 heavy (non-hydrogen) atoms. The van der Waals surface area contributed by atoms with Crippen LogP contribution in [0.3, 0.4) is 0 Å². The van der Waals surface area contributed by atoms with Crippen LogP contribution in [0.25, 0.3) is 5.69 Å². The molecule has 100 valence electrons. The van der Waals surface area contributed by atoms with Gasteiger partial charge in [0.05, 0.1) is 11.3 Å². The number of anilines is 1. The highest BCUT2D eigenvalue weighted by Gasteiger charge is 2.33. The fourth-order valence-electron chi connectivity index (χ4n) is 1.53. The first-order chi connectivity index (χ1) is 8.79. The Morgan fingerprint density at radius 3 is 2.53 bits per heavy atom. The molecule has 2 rings (SSSR count). The number of nitrogens with zero attached hydrogens (tertiary/aromatic N) is 2. The molecule has 0 fully saturated rings. The lowest BCUT2D eigenvalue weighted by Gasteiger charge is -2.07. The summed E-state index contributed by atoms with van der Waals surface area (Å²) in [5.74, 6) is -1.28. The minimum atomic E-state index is -4.59. The van der Waals surface area contributed by atoms with E-state index in [0.717, 1.165) is 16.9 Å². The molecule has 1 heterocycles. The Morgan fingerprint density at radius 2 is 2.00 bits per heavy atom. The van der Waals surface area contributed by atoms with Gasteiger partial charge in [0.1, 0.15) is 0 Å². The van der Waals surface area contributed by atoms with E-state index in [0.29, 0.717) is 0 Å². The zero-order valence-corrected chi connectivity index (χ0v) is 9.35. The lowest BCUT2D eigenvalue weighted by Crippen LogP contribution is -2.10. The maximum Gasteiger partial charge on any atom is 0.435 e. The predicted molar refractivity (Wildman–Crippen MR) is 59.9 cm³/mol. The molecule has 1 aromatic heterocycles. The van der Waals surface area contributed by atoms with E-state index in [1.807, 2.05) is 0 Å². The van der Waals surface area contributed by atoms with Crippen LogP contribution in [-0.4, -0.2) is 20.9 Å². The first kappa shape index (κ1) is 12.9. The van der Waals surface area contributed by atoms with Gasteiger partial charge in [0.15, 0.2) is 5.69 Å². The van der Waals surface area contributed by atoms with Gasteiger partial charge in [-0.1, -0.05) is 0 Å². The number of hydrogen-bond donors (Lipinski definition) is 2. The molecule has 5 nitrogen and oxygen atoms in total. The first-order valence-corrected chi connectivity index (χ1v) is 5.05. The maximum atomic E-state index is 12.4. The van der Waals surface area contributed by atoms with E-state index in [1.165, 1.54) is 18.2 Å². The average Bonchev–Trinajstić information content (AvgIpc) is 2.77. The second-order valence-corrected chi connectivity index (χ2v) is 3.73. The number of nitrogen functional groups attached to an aromatic ring is 1. The van der Waals surface area contributed by atoms with Gasteiger partial charge in [0.2, 0.25) is 0 Å². The molecule has 0 unspecified atom stereocenters. The predicted octanol–water partition coefficient (Wildman–Crippen LogP) is 2.17. The number of benzene rings is 1. The van der Waals surface area contributed by atoms with Gasteiger partial charge in [-0.25, -0.2) is 9.48 Å². The van der Waals surface area contributed by atoms with Crippen LogP contribution in [-0.2, 0) is 6.18 Å². The third-order valence-corrected chi connectivity index (χ3v) is 2.38. The highest BCUT2D eigenvalue weighted by Crippen LogP contribution is 2.28. The van der Waals surface area contributed by atoms with E-state index in [1.54, 1.807) is 0 Å². The van der Waals surface area contributed by atoms with Gasteiger partial charge in [-0.2, -0.15) is 18.3 Å². The lowest BCUT2D eigenvalue weighted by molar-refractivity contribution is -0.141. The van der Waals surface area contributed by atoms with E-state index >= 15 is 0 Å². The van der Waals surface area contributed by atoms with Crippen molar-refractivity contribution in [3.05, 3.63) is 41.7 Å². The zero-order valence-electron chi connectivity index (χ0n) is 9.35. The summed E-state index contributed by atoms with van der Waals surface area (Å²) in [6.07, 6.45) is -3.56. The molecular formula is C11H8F3N3O2. The minimum Gasteiger partial charge on any atom is -0.478 e. The number of carboxylic acids is 1. The van der Waals surface area contributed by atoms with Gasteiger partial charge in [0.25, 0.3) is 0 Å². The normalized spacial score (nSPS) is 11.5. The second-order valence-electron chi connectivity index (χ2n) is 3.73. The number of aromatic nitrogens is 2. The molecule has 0 amide bonds. The van der Waals surface area contributed by atoms with Gasteiger partial charge in [0, 0.05) is 11.9 Å². The van der Waals surface area contributed by atoms with E-state index in [9.17, 15) is 18.0 Å². The molecule has 0 saturated carbocycles. The standard InChI is InChI=1S/C11H8F3N3O2/c12-11(13,14)9-3-4-17(16-9)8-5-6(15)1-2-7(8)10(18)19/h1-5H,15H2,(H,18,19). The Bertz CT molecular complexity index is 634. The SMILES string of the molecule is Nc1ccc(C(=O)O)c(-n2ccc(C(F)(F)F)n2)c1. The Labute approximate surface area is 105 Å². The van der Waals surface area contributed by atoms with Crippen LogP contribution < -0.4 is 5.73 Å². The minimum absolute atomic E-state index is 0.0250. The van der Waals surface area contributed by atoms with E-state index in [-0.39, 0.29) is 16.9 Å². The number of hydrogen-bond acceptors (Lipinski definition) is 3. The highest BCUT2D eigenvalue weighted by molar-refractivity contribution is 5.92. The topological polar surface area (TPSA) is 81.1 Å². The van der Waals surface area contributed by atoms with Crippen molar-refractivity contribution in [3.8, 4) is 5.69 Å². The summed E-state index contributed by atoms with van der Waals surface area (Å²) < 4.78 is 38.2. The maximum absolute atomic E-state index is 12.4. The zero-order chi connectivity index (χ0) is 14.2. The summed E-state index contributed by atoms with van der Waals surface area (Å²) in [6, 6.07) is 4.56. The molecule has 3 N–H and O–H groups in total. The third-order valence-electron chi connectivity index (χ3n) is 2.38. The number of halogens is 3. The van der Waals surface area contributed by atoms with Crippen molar-refractivity contribution in [2.24, 2.45) is 0 Å². The van der Waals surface area contributed by atoms with Gasteiger partial charge in [-0.15, -0.1) is 0 Å². The van der Waals surface area contributed by atoms with Crippen molar-refractivity contribution in [3.63, 3.8) is 0 Å². The van der Waals surface area contributed by atoms with Crippen molar-refractivity contribution in [2.75, 3.05) is 5.73 Å². The molecule has 0 aliphatic heterocycles. The van der Waals surface area contributed by atoms with Crippen LogP contribution in [0.2, 0.25) is 0 Å². The summed E-state index contributed by atoms with van der Waals surface area (Å²) in [6.45, 7) is 0. The Balaban J connectivity index is 2.55. The van der Waals surface area contributed by atoms with Crippen molar-refractivity contribution >= 4 is 11.7 Å². The number of rotatable bonds is 2. The summed E-state index contributed by atoms with van der Waals surface area (Å²) in [7, 11) is 0. The lowest BCUT2D eigenvalue weighted by atomic mass is 10.1. The van der Waals surface area contributed by atoms with Crippen molar-refractivity contribution < 1.29 is 23.1 Å². The number of alkyl halides is 3. The molecule has 0 aliphatic carbocycles. The molecule has 0 bridgehead atoms. The van der Waals surface area contributed by atoms with Crippen molar-refractivity contribution in [1.82, 2.24) is 9.78 Å². The molecule has 1 aromatic carbocycles. The van der Waals surface area contributed by atoms with Gasteiger partial charge >= 0.3 is 12.1 Å². The summed E-state index contributed by atoms with van der Waals surface area (Å²) >= 11 is 0. The monoisotopic (exact) mass is 271 g/mol. The number of carbonyl (C=O) groups is 1. The fraction of sp³-hybridized carbons (Fsp3) is 0.0909. The Kier molecular flexibility index (Phi) is 2.93. The van der Waals surface area contributed by atoms with Crippen LogP contribution in [0, 0.1) is 0 Å². The van der Waals surface area contributed by atoms with Crippen LogP contribution >= 0.6 is 0 Å². The van der Waals surface area contributed by atoms with Crippen LogP contribution in [0.15, 0.2) is 30.5 Å². The molecule has 0 spiro atoms. The molecule has 0 saturated heterocycles. The Morgan fingerprint density at radius 1 is 1.32 bits per heavy atom. The van der Waals surface area contributed by atoms with Crippen molar-refractivity contribution in [2.45, 2.75) is 6.18 Å². The number of aromatic carboxylic acids is 1. The third kappa shape index (κ3) is 2.51. The summed E-state index contributed by atoms with van der Waals surface area (Å²) in [5, 5.41) is 12.3. The first-order valence-electron chi connectivity index (χ1n) is 5.05. The average molecular weight is 271 g/mol. The van der Waals surface area contributed by atoms with Crippen LogP contribution in [0.5, 0.6) is 0 Å². The van der Waals surface area contributed by atoms with Gasteiger partial charge in [-0.3, -0.25) is 0 Å². The van der Waals surface area contributed by atoms with Crippen LogP contribution in [0.1, 0.15) is 16.1 Å². The number of carboxylic acid groups (broad SMARTS) is 1. The quantitative estimate of drug-likeness (QED) is 0.820. The molecule has 2 aromatic rings. The van der Waals surface area contributed by atoms with E-state index in [4.69, 9.17) is 10.8 Å². The summed E-state index contributed by atoms with van der Waals surface area (Å²) in [4.78, 5) is 11.0. The van der Waals surface area contributed by atoms with Gasteiger partial charge in [-0.05, 0) is 24.3 Å². The number of nitrogens with two attached hydrogens (primary N) is 1. The molecular weight excluding hydrogens is 263 g/mol. The Hall–Kier alpha value is -2.51. The molecule has 0 radical (unpaired) electrons. The molecule has 0 atom stereocenters. The second kappa shape index (κ2) is 4.30. The van der Waals surface area contributed by atoms with Crippen molar-refractivity contribution in [1.29, 1.82) is 0 Å².